The summed E-state index contributed by atoms with van der Waals surface area (Å²) in [5.41, 5.74) is 2.00. The van der Waals surface area contributed by atoms with E-state index >= 15 is 0 Å². The van der Waals surface area contributed by atoms with Crippen LogP contribution in [0.2, 0.25) is 0 Å². The van der Waals surface area contributed by atoms with E-state index in [0.29, 0.717) is 35.1 Å². The van der Waals surface area contributed by atoms with Crippen molar-refractivity contribution in [3.05, 3.63) is 89.0 Å². The van der Waals surface area contributed by atoms with E-state index in [1.54, 1.807) is 54.6 Å². The van der Waals surface area contributed by atoms with Crippen LogP contribution in [0.25, 0.3) is 6.08 Å². The smallest absolute Gasteiger partial charge is 0.335 e. The van der Waals surface area contributed by atoms with E-state index in [0.717, 1.165) is 5.56 Å². The summed E-state index contributed by atoms with van der Waals surface area (Å²) in [6.45, 7) is 2.57. The van der Waals surface area contributed by atoms with Gasteiger partial charge in [-0.25, -0.2) is 4.79 Å². The molecule has 0 unspecified atom stereocenters. The predicted octanol–water partition coefficient (Wildman–Crippen LogP) is 4.92. The standard InChI is InChI=1S/C27H24N2O6/c1-3-34-23-6-4-5-22(15-23)29-26(30)21(16-28)13-19-9-12-24(25(14-19)33-2)35-17-18-7-10-20(11-8-18)27(31)32/h4-15H,3,17H2,1-2H3,(H,29,30)(H,31,32)/b21-13-. The van der Waals surface area contributed by atoms with Crippen molar-refractivity contribution in [1.29, 1.82) is 5.26 Å². The lowest BCUT2D eigenvalue weighted by atomic mass is 10.1. The molecule has 3 aromatic carbocycles. The Morgan fingerprint density at radius 1 is 1.03 bits per heavy atom. The van der Waals surface area contributed by atoms with Gasteiger partial charge in [0, 0.05) is 11.8 Å². The monoisotopic (exact) mass is 472 g/mol. The summed E-state index contributed by atoms with van der Waals surface area (Å²) < 4.78 is 16.6. The molecule has 0 aliphatic rings. The summed E-state index contributed by atoms with van der Waals surface area (Å²) in [5.74, 6) is -0.0471. The number of nitrogens with zero attached hydrogens (tertiary/aromatic N) is 1. The number of ether oxygens (including phenoxy) is 3. The van der Waals surface area contributed by atoms with Gasteiger partial charge in [-0.2, -0.15) is 5.26 Å². The van der Waals surface area contributed by atoms with E-state index in [-0.39, 0.29) is 17.7 Å². The molecule has 0 fully saturated rings. The number of carboxylic acid groups (broad SMARTS) is 1. The van der Waals surface area contributed by atoms with Gasteiger partial charge in [0.1, 0.15) is 24.0 Å². The van der Waals surface area contributed by atoms with E-state index in [4.69, 9.17) is 19.3 Å². The van der Waals surface area contributed by atoms with Gasteiger partial charge in [0.2, 0.25) is 0 Å². The first-order chi connectivity index (χ1) is 16.9. The summed E-state index contributed by atoms with van der Waals surface area (Å²) in [4.78, 5) is 23.6. The first kappa shape index (κ1) is 24.9. The normalized spacial score (nSPS) is 10.7. The van der Waals surface area contributed by atoms with Crippen LogP contribution in [0.1, 0.15) is 28.4 Å². The first-order valence-electron chi connectivity index (χ1n) is 10.7. The maximum atomic E-state index is 12.6. The van der Waals surface area contributed by atoms with Crippen molar-refractivity contribution >= 4 is 23.6 Å². The summed E-state index contributed by atoms with van der Waals surface area (Å²) in [7, 11) is 1.49. The highest BCUT2D eigenvalue weighted by atomic mass is 16.5. The first-order valence-corrected chi connectivity index (χ1v) is 10.7. The summed E-state index contributed by atoms with van der Waals surface area (Å²) >= 11 is 0. The van der Waals surface area contributed by atoms with Crippen molar-refractivity contribution in [3.8, 4) is 23.3 Å². The molecule has 0 atom stereocenters. The van der Waals surface area contributed by atoms with Crippen molar-refractivity contribution in [2.24, 2.45) is 0 Å². The number of carbonyl (C=O) groups is 2. The van der Waals surface area contributed by atoms with E-state index in [1.165, 1.54) is 25.3 Å². The lowest BCUT2D eigenvalue weighted by Gasteiger charge is -2.12. The zero-order valence-corrected chi connectivity index (χ0v) is 19.3. The number of carbonyl (C=O) groups excluding carboxylic acids is 1. The number of rotatable bonds is 10. The van der Waals surface area contributed by atoms with Crippen LogP contribution in [-0.4, -0.2) is 30.7 Å². The van der Waals surface area contributed by atoms with Gasteiger partial charge in [-0.15, -0.1) is 0 Å². The topological polar surface area (TPSA) is 118 Å². The second-order valence-corrected chi connectivity index (χ2v) is 7.29. The second kappa shape index (κ2) is 11.9. The van der Waals surface area contributed by atoms with Crippen molar-refractivity contribution in [2.45, 2.75) is 13.5 Å². The average Bonchev–Trinajstić information content (AvgIpc) is 2.86. The molecule has 0 spiro atoms. The molecule has 0 saturated carbocycles. The molecule has 0 heterocycles. The largest absolute Gasteiger partial charge is 0.494 e. The molecule has 0 saturated heterocycles. The minimum Gasteiger partial charge on any atom is -0.494 e. The average molecular weight is 472 g/mol. The Labute approximate surface area is 203 Å². The number of methoxy groups -OCH3 is 1. The molecule has 178 valence electrons. The molecule has 0 radical (unpaired) electrons. The molecular weight excluding hydrogens is 448 g/mol. The van der Waals surface area contributed by atoms with Gasteiger partial charge in [-0.3, -0.25) is 4.79 Å². The molecular formula is C27H24N2O6. The van der Waals surface area contributed by atoms with Crippen molar-refractivity contribution in [3.63, 3.8) is 0 Å². The zero-order chi connectivity index (χ0) is 25.2. The van der Waals surface area contributed by atoms with E-state index in [1.807, 2.05) is 13.0 Å². The number of carboxylic acids is 1. The maximum Gasteiger partial charge on any atom is 0.335 e. The Kier molecular flexibility index (Phi) is 8.46. The molecule has 0 aliphatic carbocycles. The lowest BCUT2D eigenvalue weighted by molar-refractivity contribution is -0.112. The molecule has 0 bridgehead atoms. The minimum absolute atomic E-state index is 0.0824. The van der Waals surface area contributed by atoms with Crippen LogP contribution in [0.4, 0.5) is 5.69 Å². The van der Waals surface area contributed by atoms with Gasteiger partial charge in [-0.05, 0) is 60.5 Å². The Hall–Kier alpha value is -4.77. The van der Waals surface area contributed by atoms with Crippen molar-refractivity contribution in [1.82, 2.24) is 0 Å². The van der Waals surface area contributed by atoms with Gasteiger partial charge >= 0.3 is 5.97 Å². The number of amides is 1. The number of nitriles is 1. The van der Waals surface area contributed by atoms with E-state index in [2.05, 4.69) is 5.32 Å². The zero-order valence-electron chi connectivity index (χ0n) is 19.3. The number of benzene rings is 3. The van der Waals surface area contributed by atoms with E-state index < -0.39 is 11.9 Å². The number of nitrogens with one attached hydrogen (secondary N) is 1. The highest BCUT2D eigenvalue weighted by Crippen LogP contribution is 2.30. The van der Waals surface area contributed by atoms with Gasteiger partial charge in [-0.1, -0.05) is 24.3 Å². The molecule has 35 heavy (non-hydrogen) atoms. The van der Waals surface area contributed by atoms with Crippen molar-refractivity contribution < 1.29 is 28.9 Å². The van der Waals surface area contributed by atoms with E-state index in [9.17, 15) is 14.9 Å². The molecule has 0 aromatic heterocycles. The van der Waals surface area contributed by atoms with Gasteiger partial charge in [0.15, 0.2) is 11.5 Å². The molecule has 8 nitrogen and oxygen atoms in total. The highest BCUT2D eigenvalue weighted by molar-refractivity contribution is 6.09. The Bertz CT molecular complexity index is 1280. The van der Waals surface area contributed by atoms with Crippen LogP contribution >= 0.6 is 0 Å². The van der Waals surface area contributed by atoms with Crippen LogP contribution in [0.5, 0.6) is 17.2 Å². The van der Waals surface area contributed by atoms with Crippen LogP contribution in [0.3, 0.4) is 0 Å². The third-order valence-electron chi connectivity index (χ3n) is 4.86. The van der Waals surface area contributed by atoms with Crippen LogP contribution in [0.15, 0.2) is 72.3 Å². The van der Waals surface area contributed by atoms with Crippen LogP contribution in [0, 0.1) is 11.3 Å². The van der Waals surface area contributed by atoms with Gasteiger partial charge in [0.25, 0.3) is 5.91 Å². The summed E-state index contributed by atoms with van der Waals surface area (Å²) in [5, 5.41) is 21.2. The molecule has 0 aliphatic heterocycles. The quantitative estimate of drug-likeness (QED) is 0.318. The highest BCUT2D eigenvalue weighted by Gasteiger charge is 2.12. The third kappa shape index (κ3) is 6.85. The summed E-state index contributed by atoms with van der Waals surface area (Å²) in [6, 6.07) is 20.2. The fraction of sp³-hybridized carbons (Fsp3) is 0.148. The number of hydrogen-bond donors (Lipinski definition) is 2. The van der Waals surface area contributed by atoms with Crippen molar-refractivity contribution in [2.75, 3.05) is 19.0 Å². The van der Waals surface area contributed by atoms with Crippen LogP contribution < -0.4 is 19.5 Å². The lowest BCUT2D eigenvalue weighted by Crippen LogP contribution is -2.13. The fourth-order valence-electron chi connectivity index (χ4n) is 3.14. The number of hydrogen-bond acceptors (Lipinski definition) is 6. The number of aromatic carboxylic acids is 1. The minimum atomic E-state index is -0.993. The summed E-state index contributed by atoms with van der Waals surface area (Å²) in [6.07, 6.45) is 1.46. The Morgan fingerprint density at radius 2 is 1.80 bits per heavy atom. The fourth-order valence-corrected chi connectivity index (χ4v) is 3.14. The molecule has 3 aromatic rings. The Morgan fingerprint density at radius 3 is 2.46 bits per heavy atom. The molecule has 3 rings (SSSR count). The molecule has 1 amide bonds. The third-order valence-corrected chi connectivity index (χ3v) is 4.86. The van der Waals surface area contributed by atoms with Gasteiger partial charge in [0.05, 0.1) is 19.3 Å². The van der Waals surface area contributed by atoms with Gasteiger partial charge < -0.3 is 24.6 Å². The molecule has 8 heteroatoms. The predicted molar refractivity (Wildman–Crippen MR) is 131 cm³/mol. The molecule has 2 N–H and O–H groups in total. The SMILES string of the molecule is CCOc1cccc(NC(=O)/C(C#N)=C\c2ccc(OCc3ccc(C(=O)O)cc3)c(OC)c2)c1. The number of anilines is 1. The second-order valence-electron chi connectivity index (χ2n) is 7.29. The Balaban J connectivity index is 1.72. The van der Waals surface area contributed by atoms with Crippen LogP contribution in [-0.2, 0) is 11.4 Å². The maximum absolute atomic E-state index is 12.6.